The summed E-state index contributed by atoms with van der Waals surface area (Å²) >= 11 is 0. The second-order valence-electron chi connectivity index (χ2n) is 8.68. The van der Waals surface area contributed by atoms with Crippen LogP contribution in [0.5, 0.6) is 5.75 Å². The van der Waals surface area contributed by atoms with E-state index in [1.165, 1.54) is 31.5 Å². The molecule has 2 aromatic rings. The van der Waals surface area contributed by atoms with Crippen molar-refractivity contribution in [1.29, 1.82) is 0 Å². The van der Waals surface area contributed by atoms with Crippen LogP contribution in [-0.4, -0.2) is 36.1 Å². The number of hydrogen-bond acceptors (Lipinski definition) is 4. The zero-order chi connectivity index (χ0) is 22.1. The van der Waals surface area contributed by atoms with Gasteiger partial charge in [0.15, 0.2) is 5.43 Å². The monoisotopic (exact) mass is 423 g/mol. The van der Waals surface area contributed by atoms with Gasteiger partial charge in [0.2, 0.25) is 0 Å². The Labute approximate surface area is 186 Å². The molecule has 1 atom stereocenters. The predicted molar refractivity (Wildman–Crippen MR) is 129 cm³/mol. The van der Waals surface area contributed by atoms with Crippen molar-refractivity contribution in [2.45, 2.75) is 53.0 Å². The molecule has 1 aliphatic heterocycles. The highest BCUT2D eigenvalue weighted by Gasteiger charge is 2.16. The molecule has 1 aliphatic rings. The number of benzene rings is 1. The van der Waals surface area contributed by atoms with Crippen LogP contribution in [0.25, 0.3) is 0 Å². The van der Waals surface area contributed by atoms with Crippen LogP contribution in [-0.2, 0) is 13.0 Å². The maximum Gasteiger partial charge on any atom is 0.187 e. The largest absolute Gasteiger partial charge is 0.494 e. The van der Waals surface area contributed by atoms with Crippen LogP contribution in [0.2, 0.25) is 0 Å². The number of H-pyrrole nitrogens is 1. The number of ether oxygens (including phenoxy) is 1. The van der Waals surface area contributed by atoms with Crippen LogP contribution in [0.1, 0.15) is 49.9 Å². The fraction of sp³-hybridized carbons (Fsp3) is 0.500. The Hall–Kier alpha value is -2.53. The van der Waals surface area contributed by atoms with Crippen molar-refractivity contribution in [3.63, 3.8) is 0 Å². The van der Waals surface area contributed by atoms with Gasteiger partial charge in [-0.1, -0.05) is 31.2 Å². The highest BCUT2D eigenvalue weighted by atomic mass is 16.5. The lowest BCUT2D eigenvalue weighted by molar-refractivity contribution is 0.176. The molecule has 0 spiro atoms. The van der Waals surface area contributed by atoms with Crippen LogP contribution in [0, 0.1) is 12.8 Å². The molecule has 2 N–H and O–H groups in total. The first-order valence-electron chi connectivity index (χ1n) is 11.6. The Kier molecular flexibility index (Phi) is 8.77. The molecule has 0 bridgehead atoms. The quantitative estimate of drug-likeness (QED) is 0.421. The van der Waals surface area contributed by atoms with Gasteiger partial charge in [0.05, 0.1) is 6.61 Å². The molecule has 1 unspecified atom stereocenters. The minimum Gasteiger partial charge on any atom is -0.494 e. The van der Waals surface area contributed by atoms with Crippen LogP contribution < -0.4 is 15.5 Å². The second kappa shape index (κ2) is 11.8. The van der Waals surface area contributed by atoms with Gasteiger partial charge in [0.1, 0.15) is 11.6 Å². The predicted octanol–water partition coefficient (Wildman–Crippen LogP) is 4.91. The van der Waals surface area contributed by atoms with E-state index in [1.54, 1.807) is 6.07 Å². The zero-order valence-electron chi connectivity index (χ0n) is 19.2. The summed E-state index contributed by atoms with van der Waals surface area (Å²) in [6.07, 6.45) is 8.14. The summed E-state index contributed by atoms with van der Waals surface area (Å²) < 4.78 is 5.97. The normalized spacial score (nSPS) is 17.2. The second-order valence-corrected chi connectivity index (χ2v) is 8.68. The molecule has 1 aromatic heterocycles. The standard InChI is InChI=1S/C26H37N3O2/c1-4-5-12-24-21(3)28-26(17-25(24)30)27-13-8-15-31-23-11-6-10-22(16-23)19-29-14-7-9-20(2)18-29/h4-6,10-11,16-17,20H,7-9,12-15,18-19H2,1-3H3,(H2,27,28,30). The molecule has 5 nitrogen and oxygen atoms in total. The molecule has 0 saturated carbocycles. The van der Waals surface area contributed by atoms with Crippen molar-refractivity contribution in [2.75, 3.05) is 31.6 Å². The molecular weight excluding hydrogens is 386 g/mol. The van der Waals surface area contributed by atoms with E-state index in [2.05, 4.69) is 40.3 Å². The highest BCUT2D eigenvalue weighted by molar-refractivity contribution is 5.39. The van der Waals surface area contributed by atoms with E-state index in [9.17, 15) is 4.79 Å². The lowest BCUT2D eigenvalue weighted by Gasteiger charge is -2.30. The van der Waals surface area contributed by atoms with Gasteiger partial charge in [-0.2, -0.15) is 0 Å². The Bertz CT molecular complexity index is 919. The Morgan fingerprint density at radius 2 is 2.19 bits per heavy atom. The van der Waals surface area contributed by atoms with E-state index in [1.807, 2.05) is 32.1 Å². The van der Waals surface area contributed by atoms with Gasteiger partial charge >= 0.3 is 0 Å². The van der Waals surface area contributed by atoms with Gasteiger partial charge < -0.3 is 15.0 Å². The molecule has 0 amide bonds. The van der Waals surface area contributed by atoms with Crippen LogP contribution in [0.4, 0.5) is 5.82 Å². The number of hydrogen-bond donors (Lipinski definition) is 2. The Morgan fingerprint density at radius 1 is 1.32 bits per heavy atom. The molecule has 0 aliphatic carbocycles. The highest BCUT2D eigenvalue weighted by Crippen LogP contribution is 2.20. The third-order valence-corrected chi connectivity index (χ3v) is 5.86. The molecule has 1 saturated heterocycles. The maximum atomic E-state index is 12.3. The molecule has 168 valence electrons. The van der Waals surface area contributed by atoms with E-state index in [0.717, 1.165) is 48.3 Å². The van der Waals surface area contributed by atoms with Crippen molar-refractivity contribution in [2.24, 2.45) is 5.92 Å². The van der Waals surface area contributed by atoms with Gasteiger partial charge in [-0.3, -0.25) is 9.69 Å². The van der Waals surface area contributed by atoms with E-state index in [0.29, 0.717) is 13.0 Å². The van der Waals surface area contributed by atoms with Crippen molar-refractivity contribution in [3.05, 3.63) is 69.5 Å². The van der Waals surface area contributed by atoms with Crippen molar-refractivity contribution in [3.8, 4) is 5.75 Å². The van der Waals surface area contributed by atoms with Gasteiger partial charge in [-0.15, -0.1) is 0 Å². The number of nitrogens with zero attached hydrogens (tertiary/aromatic N) is 1. The molecule has 5 heteroatoms. The van der Waals surface area contributed by atoms with Crippen LogP contribution >= 0.6 is 0 Å². The van der Waals surface area contributed by atoms with Gasteiger partial charge in [0.25, 0.3) is 0 Å². The fourth-order valence-electron chi connectivity index (χ4n) is 4.21. The minimum absolute atomic E-state index is 0.0769. The van der Waals surface area contributed by atoms with Gasteiger partial charge in [0, 0.05) is 37.0 Å². The summed E-state index contributed by atoms with van der Waals surface area (Å²) in [5.74, 6) is 2.49. The Balaban J connectivity index is 1.42. The molecular formula is C26H37N3O2. The zero-order valence-corrected chi connectivity index (χ0v) is 19.2. The summed E-state index contributed by atoms with van der Waals surface area (Å²) in [7, 11) is 0. The van der Waals surface area contributed by atoms with Crippen LogP contribution in [0.15, 0.2) is 47.3 Å². The first-order valence-corrected chi connectivity index (χ1v) is 11.6. The summed E-state index contributed by atoms with van der Waals surface area (Å²) in [6.45, 7) is 11.0. The number of allylic oxidation sites excluding steroid dienone is 2. The number of anilines is 1. The SMILES string of the molecule is CC=CCc1c(C)[nH]c(NCCCOc2cccc(CN3CCCC(C)C3)c2)cc1=O. The average Bonchev–Trinajstić information content (AvgIpc) is 2.73. The van der Waals surface area contributed by atoms with Gasteiger partial charge in [-0.05, 0) is 69.7 Å². The maximum absolute atomic E-state index is 12.3. The third kappa shape index (κ3) is 7.28. The van der Waals surface area contributed by atoms with Crippen molar-refractivity contribution >= 4 is 5.82 Å². The first kappa shape index (κ1) is 23.1. The van der Waals surface area contributed by atoms with E-state index in [-0.39, 0.29) is 5.43 Å². The number of likely N-dealkylation sites (tertiary alicyclic amines) is 1. The molecule has 2 heterocycles. The van der Waals surface area contributed by atoms with E-state index >= 15 is 0 Å². The topological polar surface area (TPSA) is 57.4 Å². The van der Waals surface area contributed by atoms with Crippen molar-refractivity contribution in [1.82, 2.24) is 9.88 Å². The lowest BCUT2D eigenvalue weighted by atomic mass is 10.00. The molecule has 1 aromatic carbocycles. The van der Waals surface area contributed by atoms with E-state index in [4.69, 9.17) is 4.74 Å². The third-order valence-electron chi connectivity index (χ3n) is 5.86. The fourth-order valence-corrected chi connectivity index (χ4v) is 4.21. The molecule has 3 rings (SSSR count). The number of aryl methyl sites for hydroxylation is 1. The molecule has 31 heavy (non-hydrogen) atoms. The summed E-state index contributed by atoms with van der Waals surface area (Å²) in [5.41, 5.74) is 3.14. The van der Waals surface area contributed by atoms with Gasteiger partial charge in [-0.25, -0.2) is 0 Å². The molecule has 0 radical (unpaired) electrons. The first-order chi connectivity index (χ1) is 15.0. The average molecular weight is 424 g/mol. The number of nitrogens with one attached hydrogen (secondary N) is 2. The number of pyridine rings is 1. The Morgan fingerprint density at radius 3 is 2.97 bits per heavy atom. The van der Waals surface area contributed by atoms with Crippen LogP contribution in [0.3, 0.4) is 0 Å². The number of rotatable bonds is 10. The van der Waals surface area contributed by atoms with Crippen molar-refractivity contribution < 1.29 is 4.74 Å². The lowest BCUT2D eigenvalue weighted by Crippen LogP contribution is -2.33. The minimum atomic E-state index is 0.0769. The summed E-state index contributed by atoms with van der Waals surface area (Å²) in [4.78, 5) is 18.1. The van der Waals surface area contributed by atoms with E-state index < -0.39 is 0 Å². The summed E-state index contributed by atoms with van der Waals surface area (Å²) in [5, 5.41) is 3.31. The number of aromatic amines is 1. The number of piperidine rings is 1. The smallest absolute Gasteiger partial charge is 0.187 e. The molecule has 1 fully saturated rings. The number of aromatic nitrogens is 1. The summed E-state index contributed by atoms with van der Waals surface area (Å²) in [6, 6.07) is 10.1.